The molecule has 0 spiro atoms. The van der Waals surface area contributed by atoms with Crippen LogP contribution < -0.4 is 15.1 Å². The van der Waals surface area contributed by atoms with E-state index in [-0.39, 0.29) is 11.8 Å². The summed E-state index contributed by atoms with van der Waals surface area (Å²) in [6.45, 7) is 4.45. The van der Waals surface area contributed by atoms with E-state index in [2.05, 4.69) is 5.32 Å². The Bertz CT molecular complexity index is 538. The van der Waals surface area contributed by atoms with Gasteiger partial charge in [-0.15, -0.1) is 0 Å². The second-order valence-electron chi connectivity index (χ2n) is 5.78. The molecule has 6 nitrogen and oxygen atoms in total. The number of amides is 2. The van der Waals surface area contributed by atoms with Crippen LogP contribution >= 0.6 is 0 Å². The predicted octanol–water partition coefficient (Wildman–Crippen LogP) is -0.333. The Morgan fingerprint density at radius 2 is 1.95 bits per heavy atom. The molecule has 0 aromatic heterocycles. The first-order valence-electron chi connectivity index (χ1n) is 7.84. The van der Waals surface area contributed by atoms with E-state index >= 15 is 0 Å². The van der Waals surface area contributed by atoms with E-state index in [1.807, 2.05) is 24.3 Å². The SMILES string of the molecule is O=C(C[NH+]1CCOCC1)Nc1ccc(N2CCCC2=O)cc1. The van der Waals surface area contributed by atoms with E-state index in [1.165, 1.54) is 4.90 Å². The molecule has 2 heterocycles. The van der Waals surface area contributed by atoms with E-state index in [9.17, 15) is 9.59 Å². The lowest BCUT2D eigenvalue weighted by molar-refractivity contribution is -0.899. The third-order valence-corrected chi connectivity index (χ3v) is 4.15. The van der Waals surface area contributed by atoms with Crippen molar-refractivity contribution in [2.24, 2.45) is 0 Å². The van der Waals surface area contributed by atoms with Gasteiger partial charge in [0.15, 0.2) is 6.54 Å². The maximum atomic E-state index is 12.0. The molecule has 0 bridgehead atoms. The molecule has 0 aliphatic carbocycles. The Morgan fingerprint density at radius 1 is 1.23 bits per heavy atom. The Kier molecular flexibility index (Phi) is 4.70. The number of carbonyl (C=O) groups excluding carboxylic acids is 2. The van der Waals surface area contributed by atoms with Gasteiger partial charge in [0.1, 0.15) is 13.1 Å². The first kappa shape index (κ1) is 15.0. The second-order valence-corrected chi connectivity index (χ2v) is 5.78. The van der Waals surface area contributed by atoms with Gasteiger partial charge >= 0.3 is 0 Å². The lowest BCUT2D eigenvalue weighted by atomic mass is 10.2. The van der Waals surface area contributed by atoms with Gasteiger partial charge in [-0.1, -0.05) is 0 Å². The van der Waals surface area contributed by atoms with Crippen molar-refractivity contribution in [3.8, 4) is 0 Å². The van der Waals surface area contributed by atoms with Crippen molar-refractivity contribution in [1.82, 2.24) is 0 Å². The zero-order chi connectivity index (χ0) is 15.4. The number of hydrogen-bond acceptors (Lipinski definition) is 3. The van der Waals surface area contributed by atoms with E-state index in [4.69, 9.17) is 4.74 Å². The van der Waals surface area contributed by atoms with Gasteiger partial charge in [-0.2, -0.15) is 0 Å². The molecule has 1 aromatic carbocycles. The van der Waals surface area contributed by atoms with E-state index < -0.39 is 0 Å². The van der Waals surface area contributed by atoms with Crippen molar-refractivity contribution in [2.45, 2.75) is 12.8 Å². The van der Waals surface area contributed by atoms with Crippen molar-refractivity contribution in [3.63, 3.8) is 0 Å². The standard InChI is InChI=1S/C16H21N3O3/c20-15(12-18-8-10-22-11-9-18)17-13-3-5-14(6-4-13)19-7-1-2-16(19)21/h3-6H,1-2,7-12H2,(H,17,20)/p+1. The quantitative estimate of drug-likeness (QED) is 0.800. The molecule has 0 radical (unpaired) electrons. The summed E-state index contributed by atoms with van der Waals surface area (Å²) < 4.78 is 5.29. The average Bonchev–Trinajstić information content (AvgIpc) is 2.95. The van der Waals surface area contributed by atoms with Crippen molar-refractivity contribution in [1.29, 1.82) is 0 Å². The number of carbonyl (C=O) groups is 2. The lowest BCUT2D eigenvalue weighted by Gasteiger charge is -2.23. The molecule has 2 aliphatic heterocycles. The number of nitrogens with zero attached hydrogens (tertiary/aromatic N) is 1. The van der Waals surface area contributed by atoms with Crippen LogP contribution in [0, 0.1) is 0 Å². The lowest BCUT2D eigenvalue weighted by Crippen LogP contribution is -3.15. The van der Waals surface area contributed by atoms with Gasteiger partial charge in [0.25, 0.3) is 5.91 Å². The zero-order valence-electron chi connectivity index (χ0n) is 12.6. The molecule has 0 atom stereocenters. The van der Waals surface area contributed by atoms with Crippen LogP contribution in [0.5, 0.6) is 0 Å². The van der Waals surface area contributed by atoms with Crippen LogP contribution in [0.4, 0.5) is 11.4 Å². The van der Waals surface area contributed by atoms with Crippen LogP contribution in [0.15, 0.2) is 24.3 Å². The number of quaternary nitrogens is 1. The van der Waals surface area contributed by atoms with Crippen LogP contribution in [0.25, 0.3) is 0 Å². The van der Waals surface area contributed by atoms with Gasteiger partial charge in [0.2, 0.25) is 5.91 Å². The zero-order valence-corrected chi connectivity index (χ0v) is 12.6. The summed E-state index contributed by atoms with van der Waals surface area (Å²) in [7, 11) is 0. The van der Waals surface area contributed by atoms with Crippen molar-refractivity contribution < 1.29 is 19.2 Å². The van der Waals surface area contributed by atoms with Gasteiger partial charge in [-0.25, -0.2) is 0 Å². The number of anilines is 2. The van der Waals surface area contributed by atoms with E-state index in [0.29, 0.717) is 13.0 Å². The highest BCUT2D eigenvalue weighted by molar-refractivity contribution is 5.96. The fourth-order valence-electron chi connectivity index (χ4n) is 2.91. The maximum absolute atomic E-state index is 12.0. The second kappa shape index (κ2) is 6.89. The number of ether oxygens (including phenoxy) is 1. The average molecular weight is 304 g/mol. The van der Waals surface area contributed by atoms with Gasteiger partial charge in [-0.3, -0.25) is 9.59 Å². The molecule has 1 aromatic rings. The van der Waals surface area contributed by atoms with Crippen LogP contribution in [0.2, 0.25) is 0 Å². The number of morpholine rings is 1. The highest BCUT2D eigenvalue weighted by Gasteiger charge is 2.21. The molecule has 2 N–H and O–H groups in total. The number of benzene rings is 1. The minimum Gasteiger partial charge on any atom is -0.370 e. The first-order valence-corrected chi connectivity index (χ1v) is 7.84. The Labute approximate surface area is 130 Å². The van der Waals surface area contributed by atoms with Crippen LogP contribution in [0.3, 0.4) is 0 Å². The Hall–Kier alpha value is -1.92. The fraction of sp³-hybridized carbons (Fsp3) is 0.500. The molecular formula is C16H22N3O3+. The number of hydrogen-bond donors (Lipinski definition) is 2. The van der Waals surface area contributed by atoms with Gasteiger partial charge in [0.05, 0.1) is 13.2 Å². The van der Waals surface area contributed by atoms with Crippen LogP contribution in [0.1, 0.15) is 12.8 Å². The topological polar surface area (TPSA) is 63.1 Å². The summed E-state index contributed by atoms with van der Waals surface area (Å²) in [5.74, 6) is 0.189. The number of nitrogens with one attached hydrogen (secondary N) is 2. The van der Waals surface area contributed by atoms with E-state index in [1.54, 1.807) is 4.90 Å². The Balaban J connectivity index is 1.54. The summed E-state index contributed by atoms with van der Waals surface area (Å²) in [5, 5.41) is 2.91. The molecule has 2 aliphatic rings. The predicted molar refractivity (Wildman–Crippen MR) is 83.0 cm³/mol. The van der Waals surface area contributed by atoms with Gasteiger partial charge < -0.3 is 19.9 Å². The normalized spacial score (nSPS) is 19.5. The third-order valence-electron chi connectivity index (χ3n) is 4.15. The minimum atomic E-state index is 0.0156. The summed E-state index contributed by atoms with van der Waals surface area (Å²) in [6, 6.07) is 7.49. The van der Waals surface area contributed by atoms with Crippen molar-refractivity contribution >= 4 is 23.2 Å². The molecule has 0 unspecified atom stereocenters. The third kappa shape index (κ3) is 3.64. The molecule has 2 fully saturated rings. The van der Waals surface area contributed by atoms with Gasteiger partial charge in [-0.05, 0) is 30.7 Å². The highest BCUT2D eigenvalue weighted by Crippen LogP contribution is 2.22. The van der Waals surface area contributed by atoms with Crippen LogP contribution in [-0.2, 0) is 14.3 Å². The summed E-state index contributed by atoms with van der Waals surface area (Å²) >= 11 is 0. The summed E-state index contributed by atoms with van der Waals surface area (Å²) in [4.78, 5) is 26.8. The molecule has 6 heteroatoms. The molecule has 0 saturated carbocycles. The first-order chi connectivity index (χ1) is 10.7. The monoisotopic (exact) mass is 304 g/mol. The van der Waals surface area contributed by atoms with Crippen LogP contribution in [-0.4, -0.2) is 51.2 Å². The minimum absolute atomic E-state index is 0.0156. The smallest absolute Gasteiger partial charge is 0.279 e. The van der Waals surface area contributed by atoms with Crippen molar-refractivity contribution in [2.75, 3.05) is 49.6 Å². The van der Waals surface area contributed by atoms with E-state index in [0.717, 1.165) is 50.6 Å². The highest BCUT2D eigenvalue weighted by atomic mass is 16.5. The maximum Gasteiger partial charge on any atom is 0.279 e. The fourth-order valence-corrected chi connectivity index (χ4v) is 2.91. The molecule has 22 heavy (non-hydrogen) atoms. The Morgan fingerprint density at radius 3 is 2.59 bits per heavy atom. The summed E-state index contributed by atoms with van der Waals surface area (Å²) in [6.07, 6.45) is 1.54. The van der Waals surface area contributed by atoms with Gasteiger partial charge in [0, 0.05) is 24.3 Å². The number of rotatable bonds is 4. The molecule has 3 rings (SSSR count). The summed E-state index contributed by atoms with van der Waals surface area (Å²) in [5.41, 5.74) is 1.67. The largest absolute Gasteiger partial charge is 0.370 e. The van der Waals surface area contributed by atoms with Crippen molar-refractivity contribution in [3.05, 3.63) is 24.3 Å². The molecule has 118 valence electrons. The molecule has 2 amide bonds. The molecular weight excluding hydrogens is 282 g/mol. The molecule has 2 saturated heterocycles.